The molecule has 0 aliphatic carbocycles. The number of amides is 2. The third-order valence-corrected chi connectivity index (χ3v) is 6.17. The number of para-hydroxylation sites is 1. The van der Waals surface area contributed by atoms with Crippen molar-refractivity contribution in [1.82, 2.24) is 19.7 Å². The zero-order valence-corrected chi connectivity index (χ0v) is 16.2. The molecule has 6 nitrogen and oxygen atoms in total. The van der Waals surface area contributed by atoms with Gasteiger partial charge in [-0.15, -0.1) is 0 Å². The minimum absolute atomic E-state index is 0.108. The summed E-state index contributed by atoms with van der Waals surface area (Å²) >= 11 is 1.34. The summed E-state index contributed by atoms with van der Waals surface area (Å²) in [6.07, 6.45) is 2.27. The van der Waals surface area contributed by atoms with E-state index >= 15 is 0 Å². The van der Waals surface area contributed by atoms with Gasteiger partial charge in [0.2, 0.25) is 5.91 Å². The molecule has 2 fully saturated rings. The minimum Gasteiger partial charge on any atom is -0.340 e. The largest absolute Gasteiger partial charge is 0.340 e. The molecule has 0 bridgehead atoms. The summed E-state index contributed by atoms with van der Waals surface area (Å²) < 4.78 is 0. The molecule has 3 heterocycles. The highest BCUT2D eigenvalue weighted by Gasteiger charge is 2.25. The molecule has 2 aliphatic rings. The number of thioether (sulfide) groups is 1. The van der Waals surface area contributed by atoms with Crippen molar-refractivity contribution in [3.05, 3.63) is 42.1 Å². The van der Waals surface area contributed by atoms with Gasteiger partial charge in [-0.2, -0.15) is 0 Å². The van der Waals surface area contributed by atoms with E-state index in [2.05, 4.69) is 34.1 Å². The summed E-state index contributed by atoms with van der Waals surface area (Å²) in [7, 11) is 0. The summed E-state index contributed by atoms with van der Waals surface area (Å²) in [5.41, 5.74) is 2.30. The summed E-state index contributed by atoms with van der Waals surface area (Å²) in [6.45, 7) is 5.41. The molecule has 0 saturated carbocycles. The van der Waals surface area contributed by atoms with Gasteiger partial charge in [0.25, 0.3) is 5.24 Å². The molecule has 1 aromatic heterocycles. The third-order valence-electron chi connectivity index (χ3n) is 5.28. The Bertz CT molecular complexity index is 830. The lowest BCUT2D eigenvalue weighted by atomic mass is 10.1. The first-order chi connectivity index (χ1) is 13.2. The van der Waals surface area contributed by atoms with Crippen molar-refractivity contribution in [2.45, 2.75) is 13.0 Å². The quantitative estimate of drug-likeness (QED) is 0.793. The van der Waals surface area contributed by atoms with E-state index in [0.29, 0.717) is 13.0 Å². The average Bonchev–Trinajstić information content (AvgIpc) is 3.12. The van der Waals surface area contributed by atoms with Gasteiger partial charge in [-0.05, 0) is 11.6 Å². The van der Waals surface area contributed by atoms with Crippen LogP contribution < -0.4 is 0 Å². The monoisotopic (exact) mass is 384 g/mol. The normalized spacial score (nSPS) is 18.4. The molecule has 7 heteroatoms. The molecule has 2 amide bonds. The van der Waals surface area contributed by atoms with Gasteiger partial charge in [0.1, 0.15) is 0 Å². The number of carbonyl (C=O) groups is 2. The van der Waals surface area contributed by atoms with Gasteiger partial charge >= 0.3 is 0 Å². The van der Waals surface area contributed by atoms with Gasteiger partial charge < -0.3 is 9.80 Å². The zero-order chi connectivity index (χ0) is 18.6. The van der Waals surface area contributed by atoms with Crippen LogP contribution >= 0.6 is 11.8 Å². The second-order valence-electron chi connectivity index (χ2n) is 7.00. The first-order valence-electron chi connectivity index (χ1n) is 9.45. The van der Waals surface area contributed by atoms with Crippen molar-refractivity contribution in [3.8, 4) is 0 Å². The van der Waals surface area contributed by atoms with Gasteiger partial charge in [0, 0.05) is 69.6 Å². The Labute approximate surface area is 163 Å². The second kappa shape index (κ2) is 8.27. The molecule has 142 valence electrons. The molecule has 2 aromatic rings. The average molecular weight is 385 g/mol. The van der Waals surface area contributed by atoms with Crippen molar-refractivity contribution in [2.24, 2.45) is 0 Å². The van der Waals surface area contributed by atoms with Gasteiger partial charge in [-0.1, -0.05) is 36.0 Å². The Balaban J connectivity index is 1.28. The van der Waals surface area contributed by atoms with Crippen LogP contribution in [-0.4, -0.2) is 75.9 Å². The number of piperazine rings is 1. The minimum atomic E-state index is 0.108. The second-order valence-corrected chi connectivity index (χ2v) is 8.05. The number of rotatable bonds is 5. The number of hydrogen-bond donors (Lipinski definition) is 0. The van der Waals surface area contributed by atoms with E-state index in [1.54, 1.807) is 4.90 Å². The van der Waals surface area contributed by atoms with Crippen LogP contribution in [0.1, 0.15) is 12.0 Å². The van der Waals surface area contributed by atoms with Gasteiger partial charge in [0.15, 0.2) is 0 Å². The smallest absolute Gasteiger partial charge is 0.281 e. The van der Waals surface area contributed by atoms with Crippen LogP contribution in [0, 0.1) is 0 Å². The SMILES string of the molecule is O=C(CCN1CCSC1=O)N1CCN(Cc2cccc3cccnc23)CC1. The first-order valence-corrected chi connectivity index (χ1v) is 10.4. The van der Waals surface area contributed by atoms with Crippen molar-refractivity contribution in [3.63, 3.8) is 0 Å². The predicted molar refractivity (Wildman–Crippen MR) is 108 cm³/mol. The van der Waals surface area contributed by atoms with Crippen LogP contribution in [0.3, 0.4) is 0 Å². The highest BCUT2D eigenvalue weighted by Crippen LogP contribution is 2.19. The maximum atomic E-state index is 12.5. The van der Waals surface area contributed by atoms with Crippen molar-refractivity contribution in [2.75, 3.05) is 45.0 Å². The standard InChI is InChI=1S/C20H24N4O2S/c25-18(6-8-24-13-14-27-20(24)26)23-11-9-22(10-12-23)15-17-4-1-3-16-5-2-7-21-19(16)17/h1-5,7H,6,8-15H2. The molecule has 0 radical (unpaired) electrons. The van der Waals surface area contributed by atoms with Crippen molar-refractivity contribution in [1.29, 1.82) is 0 Å². The highest BCUT2D eigenvalue weighted by molar-refractivity contribution is 8.13. The Morgan fingerprint density at radius 3 is 2.67 bits per heavy atom. The van der Waals surface area contributed by atoms with E-state index < -0.39 is 0 Å². The molecule has 2 aliphatic heterocycles. The Kier molecular flexibility index (Phi) is 5.59. The zero-order valence-electron chi connectivity index (χ0n) is 15.3. The molecule has 4 rings (SSSR count). The summed E-state index contributed by atoms with van der Waals surface area (Å²) in [5, 5.41) is 1.27. The summed E-state index contributed by atoms with van der Waals surface area (Å²) in [5.74, 6) is 1.00. The number of pyridine rings is 1. The molecule has 0 unspecified atom stereocenters. The Morgan fingerprint density at radius 1 is 1.07 bits per heavy atom. The van der Waals surface area contributed by atoms with E-state index in [9.17, 15) is 9.59 Å². The molecule has 2 saturated heterocycles. The maximum absolute atomic E-state index is 12.5. The fourth-order valence-corrected chi connectivity index (χ4v) is 4.56. The molecule has 0 spiro atoms. The number of nitrogens with zero attached hydrogens (tertiary/aromatic N) is 4. The van der Waals surface area contributed by atoms with E-state index in [0.717, 1.165) is 50.5 Å². The van der Waals surface area contributed by atoms with Crippen molar-refractivity contribution < 1.29 is 9.59 Å². The van der Waals surface area contributed by atoms with Crippen LogP contribution in [0.2, 0.25) is 0 Å². The molecular weight excluding hydrogens is 360 g/mol. The van der Waals surface area contributed by atoms with Crippen LogP contribution in [0.25, 0.3) is 10.9 Å². The van der Waals surface area contributed by atoms with E-state index in [-0.39, 0.29) is 11.1 Å². The lowest BCUT2D eigenvalue weighted by Crippen LogP contribution is -2.48. The lowest BCUT2D eigenvalue weighted by Gasteiger charge is -2.35. The third kappa shape index (κ3) is 4.25. The number of fused-ring (bicyclic) bond motifs is 1. The van der Waals surface area contributed by atoms with E-state index in [1.165, 1.54) is 22.7 Å². The molecule has 27 heavy (non-hydrogen) atoms. The maximum Gasteiger partial charge on any atom is 0.281 e. The molecular formula is C20H24N4O2S. The van der Waals surface area contributed by atoms with E-state index in [4.69, 9.17) is 0 Å². The fourth-order valence-electron chi connectivity index (χ4n) is 3.71. The molecule has 1 aromatic carbocycles. The summed E-state index contributed by atoms with van der Waals surface area (Å²) in [4.78, 5) is 34.7. The van der Waals surface area contributed by atoms with Crippen LogP contribution in [0.15, 0.2) is 36.5 Å². The van der Waals surface area contributed by atoms with Gasteiger partial charge in [0.05, 0.1) is 5.52 Å². The topological polar surface area (TPSA) is 56.8 Å². The van der Waals surface area contributed by atoms with Crippen LogP contribution in [0.5, 0.6) is 0 Å². The number of carbonyl (C=O) groups excluding carboxylic acids is 2. The number of aromatic nitrogens is 1. The first kappa shape index (κ1) is 18.3. The van der Waals surface area contributed by atoms with Gasteiger partial charge in [-0.25, -0.2) is 0 Å². The Hall–Kier alpha value is -2.12. The predicted octanol–water partition coefficient (Wildman–Crippen LogP) is 2.44. The Morgan fingerprint density at radius 2 is 1.89 bits per heavy atom. The van der Waals surface area contributed by atoms with E-state index in [1.807, 2.05) is 17.2 Å². The highest BCUT2D eigenvalue weighted by atomic mass is 32.2. The van der Waals surface area contributed by atoms with Crippen LogP contribution in [0.4, 0.5) is 4.79 Å². The number of benzene rings is 1. The molecule has 0 atom stereocenters. The van der Waals surface area contributed by atoms with Gasteiger partial charge in [-0.3, -0.25) is 19.5 Å². The lowest BCUT2D eigenvalue weighted by molar-refractivity contribution is -0.133. The fraction of sp³-hybridized carbons (Fsp3) is 0.450. The summed E-state index contributed by atoms with van der Waals surface area (Å²) in [6, 6.07) is 10.4. The van der Waals surface area contributed by atoms with Crippen molar-refractivity contribution >= 4 is 33.8 Å². The molecule has 0 N–H and O–H groups in total. The number of hydrogen-bond acceptors (Lipinski definition) is 5. The van der Waals surface area contributed by atoms with Crippen LogP contribution in [-0.2, 0) is 11.3 Å².